The molecule has 0 saturated heterocycles. The quantitative estimate of drug-likeness (QED) is 0.600. The van der Waals surface area contributed by atoms with Gasteiger partial charge in [-0.2, -0.15) is 5.26 Å². The Bertz CT molecular complexity index is 462. The van der Waals surface area contributed by atoms with Gasteiger partial charge in [0, 0.05) is 15.5 Å². The molecule has 0 aliphatic rings. The third-order valence-corrected chi connectivity index (χ3v) is 2.88. The number of nitriles is 1. The third-order valence-electron chi connectivity index (χ3n) is 1.93. The predicted octanol–water partition coefficient (Wildman–Crippen LogP) is 3.08. The largest absolute Gasteiger partial charge is 0.192 e. The van der Waals surface area contributed by atoms with Crippen molar-refractivity contribution in [3.63, 3.8) is 0 Å². The summed E-state index contributed by atoms with van der Waals surface area (Å²) in [6.45, 7) is 2.04. The first-order chi connectivity index (χ1) is 5.83. The molecule has 0 amide bonds. The van der Waals surface area contributed by atoms with Crippen LogP contribution in [0.25, 0.3) is 10.1 Å². The van der Waals surface area contributed by atoms with Gasteiger partial charge in [0.25, 0.3) is 0 Å². The first kappa shape index (κ1) is 7.33. The maximum Gasteiger partial charge on any atom is 0.101 e. The molecule has 58 valence electrons. The first-order valence-corrected chi connectivity index (χ1v) is 4.58. The molecule has 0 spiro atoms. The van der Waals surface area contributed by atoms with Gasteiger partial charge in [-0.15, -0.1) is 11.3 Å². The standard InChI is InChI=1S/C10H7NS/c1-7-3-2-4-9-10(7)8(5-11)6-12-9/h2-4,6H,1H3. The predicted molar refractivity (Wildman–Crippen MR) is 51.3 cm³/mol. The zero-order valence-corrected chi connectivity index (χ0v) is 7.48. The minimum absolute atomic E-state index is 0.799. The lowest BCUT2D eigenvalue weighted by atomic mass is 10.1. The lowest BCUT2D eigenvalue weighted by Gasteiger charge is -1.94. The summed E-state index contributed by atoms with van der Waals surface area (Å²) in [6.07, 6.45) is 0. The highest BCUT2D eigenvalue weighted by molar-refractivity contribution is 7.17. The van der Waals surface area contributed by atoms with E-state index in [-0.39, 0.29) is 0 Å². The van der Waals surface area contributed by atoms with Gasteiger partial charge in [0.1, 0.15) is 6.07 Å². The lowest BCUT2D eigenvalue weighted by molar-refractivity contribution is 1.50. The second-order valence-corrected chi connectivity index (χ2v) is 3.62. The molecule has 0 unspecified atom stereocenters. The third kappa shape index (κ3) is 0.910. The van der Waals surface area contributed by atoms with E-state index in [0.29, 0.717) is 0 Å². The summed E-state index contributed by atoms with van der Waals surface area (Å²) in [7, 11) is 0. The fourth-order valence-electron chi connectivity index (χ4n) is 1.35. The van der Waals surface area contributed by atoms with E-state index in [1.807, 2.05) is 30.5 Å². The summed E-state index contributed by atoms with van der Waals surface area (Å²) >= 11 is 1.63. The summed E-state index contributed by atoms with van der Waals surface area (Å²) < 4.78 is 1.20. The van der Waals surface area contributed by atoms with E-state index in [2.05, 4.69) is 6.07 Å². The molecular weight excluding hydrogens is 166 g/mol. The molecule has 0 aliphatic heterocycles. The summed E-state index contributed by atoms with van der Waals surface area (Å²) in [5.74, 6) is 0. The zero-order chi connectivity index (χ0) is 8.55. The van der Waals surface area contributed by atoms with Crippen LogP contribution in [0.15, 0.2) is 23.6 Å². The van der Waals surface area contributed by atoms with Gasteiger partial charge >= 0.3 is 0 Å². The summed E-state index contributed by atoms with van der Waals surface area (Å²) in [4.78, 5) is 0. The highest BCUT2D eigenvalue weighted by Crippen LogP contribution is 2.27. The molecule has 0 aliphatic carbocycles. The highest BCUT2D eigenvalue weighted by atomic mass is 32.1. The van der Waals surface area contributed by atoms with E-state index in [1.165, 1.54) is 10.3 Å². The number of fused-ring (bicyclic) bond motifs is 1. The molecule has 1 aromatic carbocycles. The van der Waals surface area contributed by atoms with Gasteiger partial charge in [-0.25, -0.2) is 0 Å². The molecule has 2 rings (SSSR count). The smallest absolute Gasteiger partial charge is 0.101 e. The Morgan fingerprint density at radius 1 is 1.42 bits per heavy atom. The van der Waals surface area contributed by atoms with Crippen LogP contribution in [0, 0.1) is 18.3 Å². The molecule has 0 bridgehead atoms. The lowest BCUT2D eigenvalue weighted by Crippen LogP contribution is -1.75. The molecular formula is C10H7NS. The molecule has 0 atom stereocenters. The van der Waals surface area contributed by atoms with Crippen LogP contribution in [-0.4, -0.2) is 0 Å². The van der Waals surface area contributed by atoms with Crippen molar-refractivity contribution >= 4 is 21.4 Å². The highest BCUT2D eigenvalue weighted by Gasteiger charge is 2.04. The fraction of sp³-hybridized carbons (Fsp3) is 0.100. The Hall–Kier alpha value is -1.33. The molecule has 0 radical (unpaired) electrons. The molecule has 0 N–H and O–H groups in total. The van der Waals surface area contributed by atoms with Crippen molar-refractivity contribution in [1.82, 2.24) is 0 Å². The maximum absolute atomic E-state index is 8.81. The summed E-state index contributed by atoms with van der Waals surface area (Å²) in [5, 5.41) is 11.8. The van der Waals surface area contributed by atoms with E-state index >= 15 is 0 Å². The number of benzene rings is 1. The van der Waals surface area contributed by atoms with Gasteiger partial charge in [0.2, 0.25) is 0 Å². The van der Waals surface area contributed by atoms with Crippen molar-refractivity contribution in [1.29, 1.82) is 5.26 Å². The molecule has 2 aromatic rings. The number of hydrogen-bond donors (Lipinski definition) is 0. The van der Waals surface area contributed by atoms with Crippen molar-refractivity contribution in [3.05, 3.63) is 34.7 Å². The number of rotatable bonds is 0. The number of aryl methyl sites for hydroxylation is 1. The normalized spacial score (nSPS) is 10.0. The number of thiophene rings is 1. The van der Waals surface area contributed by atoms with Gasteiger partial charge < -0.3 is 0 Å². The Morgan fingerprint density at radius 3 is 3.00 bits per heavy atom. The topological polar surface area (TPSA) is 23.8 Å². The van der Waals surface area contributed by atoms with Crippen LogP contribution in [0.1, 0.15) is 11.1 Å². The molecule has 0 fully saturated rings. The van der Waals surface area contributed by atoms with E-state index in [4.69, 9.17) is 5.26 Å². The van der Waals surface area contributed by atoms with Crippen molar-refractivity contribution < 1.29 is 0 Å². The Kier molecular flexibility index (Phi) is 1.60. The average molecular weight is 173 g/mol. The van der Waals surface area contributed by atoms with Gasteiger partial charge in [-0.1, -0.05) is 12.1 Å². The summed E-state index contributed by atoms with van der Waals surface area (Å²) in [5.41, 5.74) is 1.98. The van der Waals surface area contributed by atoms with Gasteiger partial charge in [-0.3, -0.25) is 0 Å². The van der Waals surface area contributed by atoms with E-state index in [9.17, 15) is 0 Å². The SMILES string of the molecule is Cc1cccc2scc(C#N)c12. The van der Waals surface area contributed by atoms with Crippen molar-refractivity contribution in [3.8, 4) is 6.07 Å². The second-order valence-electron chi connectivity index (χ2n) is 2.71. The molecule has 2 heteroatoms. The molecule has 1 heterocycles. The van der Waals surface area contributed by atoms with Crippen LogP contribution in [0.3, 0.4) is 0 Å². The van der Waals surface area contributed by atoms with Crippen LogP contribution in [0.4, 0.5) is 0 Å². The van der Waals surface area contributed by atoms with E-state index in [1.54, 1.807) is 11.3 Å². The van der Waals surface area contributed by atoms with E-state index < -0.39 is 0 Å². The second kappa shape index (κ2) is 2.62. The number of nitrogens with zero attached hydrogens (tertiary/aromatic N) is 1. The molecule has 12 heavy (non-hydrogen) atoms. The van der Waals surface area contributed by atoms with Crippen molar-refractivity contribution in [2.75, 3.05) is 0 Å². The summed E-state index contributed by atoms with van der Waals surface area (Å²) in [6, 6.07) is 8.31. The minimum atomic E-state index is 0.799. The van der Waals surface area contributed by atoms with Gasteiger partial charge in [-0.05, 0) is 18.6 Å². The van der Waals surface area contributed by atoms with Crippen molar-refractivity contribution in [2.24, 2.45) is 0 Å². The Morgan fingerprint density at radius 2 is 2.25 bits per heavy atom. The van der Waals surface area contributed by atoms with E-state index in [0.717, 1.165) is 10.9 Å². The molecule has 0 saturated carbocycles. The molecule has 1 nitrogen and oxygen atoms in total. The van der Waals surface area contributed by atoms with Crippen LogP contribution in [0.2, 0.25) is 0 Å². The monoisotopic (exact) mass is 173 g/mol. The maximum atomic E-state index is 8.81. The Balaban J connectivity index is 2.95. The first-order valence-electron chi connectivity index (χ1n) is 3.70. The molecule has 1 aromatic heterocycles. The zero-order valence-electron chi connectivity index (χ0n) is 6.66. The number of hydrogen-bond acceptors (Lipinski definition) is 2. The Labute approximate surface area is 74.9 Å². The fourth-order valence-corrected chi connectivity index (χ4v) is 2.31. The van der Waals surface area contributed by atoms with Crippen molar-refractivity contribution in [2.45, 2.75) is 6.92 Å². The van der Waals surface area contributed by atoms with Gasteiger partial charge in [0.05, 0.1) is 5.56 Å². The van der Waals surface area contributed by atoms with Crippen LogP contribution in [-0.2, 0) is 0 Å². The van der Waals surface area contributed by atoms with Crippen LogP contribution >= 0.6 is 11.3 Å². The minimum Gasteiger partial charge on any atom is -0.192 e. The van der Waals surface area contributed by atoms with Gasteiger partial charge in [0.15, 0.2) is 0 Å². The van der Waals surface area contributed by atoms with Crippen LogP contribution in [0.5, 0.6) is 0 Å². The average Bonchev–Trinajstić information content (AvgIpc) is 2.49. The van der Waals surface area contributed by atoms with Crippen LogP contribution < -0.4 is 0 Å².